The van der Waals surface area contributed by atoms with Crippen LogP contribution in [0, 0.1) is 24.7 Å². The number of amides is 1. The van der Waals surface area contributed by atoms with Crippen LogP contribution in [-0.4, -0.2) is 46.1 Å². The first kappa shape index (κ1) is 35.6. The minimum absolute atomic E-state index is 0.0235. The van der Waals surface area contributed by atoms with Gasteiger partial charge in [-0.1, -0.05) is 63.3 Å². The van der Waals surface area contributed by atoms with Gasteiger partial charge in [0.15, 0.2) is 8.32 Å². The van der Waals surface area contributed by atoms with Gasteiger partial charge in [-0.2, -0.15) is 0 Å². The number of carbonyl (C=O) groups is 1. The Balaban J connectivity index is 1.34. The summed E-state index contributed by atoms with van der Waals surface area (Å²) in [6.45, 7) is 16.8. The molecule has 2 fully saturated rings. The van der Waals surface area contributed by atoms with E-state index in [4.69, 9.17) is 13.9 Å². The van der Waals surface area contributed by atoms with Crippen LogP contribution in [0.4, 0.5) is 5.69 Å². The number of benzene rings is 2. The quantitative estimate of drug-likeness (QED) is 0.200. The summed E-state index contributed by atoms with van der Waals surface area (Å²) in [5, 5.41) is 0.832. The average molecular weight is 677 g/mol. The minimum Gasteiger partial charge on any atom is -0.496 e. The van der Waals surface area contributed by atoms with Crippen molar-refractivity contribution in [2.45, 2.75) is 110 Å². The van der Waals surface area contributed by atoms with Crippen LogP contribution < -0.4 is 14.4 Å². The number of ether oxygens (including phenoxy) is 2. The first-order valence-electron chi connectivity index (χ1n) is 17.5. The van der Waals surface area contributed by atoms with Crippen molar-refractivity contribution in [1.82, 2.24) is 4.98 Å². The van der Waals surface area contributed by atoms with Gasteiger partial charge in [0.25, 0.3) is 5.19 Å². The molecule has 2 aliphatic rings. The molecule has 3 unspecified atom stereocenters. The maximum atomic E-state index is 14.6. The largest absolute Gasteiger partial charge is 0.496 e. The molecule has 0 saturated heterocycles. The van der Waals surface area contributed by atoms with Crippen LogP contribution in [0.2, 0.25) is 18.1 Å². The molecule has 2 saturated carbocycles. The number of aryl methyl sites for hydroxylation is 1. The van der Waals surface area contributed by atoms with Crippen LogP contribution in [0.5, 0.6) is 10.9 Å². The van der Waals surface area contributed by atoms with Crippen LogP contribution >= 0.6 is 11.3 Å². The number of anilines is 1. The zero-order valence-corrected chi connectivity index (χ0v) is 31.9. The Bertz CT molecular complexity index is 1510. The van der Waals surface area contributed by atoms with E-state index in [1.807, 2.05) is 6.20 Å². The standard InChI is InChI=1S/C39H56N2O4SSi/c1-26-21-29(30-17-20-35(43-6)27(2)22-30)13-14-32(26)25-41(33-12-10-11-31(23-33)36-24-40-38(44-7)46-36)37(42)28-15-18-34(19-16-28)45-47(8,9)39(3,4)5/h10-12,17,20,22-24,26,28-29,32,34H,13-16,18-19,21,25H2,1-9H3/t26?,28-,29?,32?,34-. The number of hydrogen-bond acceptors (Lipinski definition) is 6. The molecule has 0 spiro atoms. The van der Waals surface area contributed by atoms with E-state index >= 15 is 0 Å². The molecule has 2 aliphatic carbocycles. The molecule has 5 rings (SSSR count). The molecule has 1 aromatic heterocycles. The Hall–Kier alpha value is -2.68. The van der Waals surface area contributed by atoms with Gasteiger partial charge in [0.1, 0.15) is 5.75 Å². The summed E-state index contributed by atoms with van der Waals surface area (Å²) in [7, 11) is 1.54. The van der Waals surface area contributed by atoms with E-state index in [0.717, 1.165) is 73.4 Å². The fourth-order valence-electron chi connectivity index (χ4n) is 7.30. The molecule has 1 heterocycles. The summed E-state index contributed by atoms with van der Waals surface area (Å²) < 4.78 is 17.7. The Morgan fingerprint density at radius 2 is 1.74 bits per heavy atom. The number of methoxy groups -OCH3 is 2. The maximum absolute atomic E-state index is 14.6. The number of nitrogens with zero attached hydrogens (tertiary/aromatic N) is 2. The van der Waals surface area contributed by atoms with Crippen LogP contribution in [0.1, 0.15) is 89.7 Å². The van der Waals surface area contributed by atoms with Crippen LogP contribution in [0.25, 0.3) is 10.4 Å². The molecular formula is C39H56N2O4SSi. The Kier molecular flexibility index (Phi) is 11.2. The summed E-state index contributed by atoms with van der Waals surface area (Å²) >= 11 is 1.53. The van der Waals surface area contributed by atoms with Crippen LogP contribution in [-0.2, 0) is 9.22 Å². The van der Waals surface area contributed by atoms with Crippen molar-refractivity contribution in [3.05, 3.63) is 59.8 Å². The minimum atomic E-state index is -1.85. The molecule has 3 atom stereocenters. The molecule has 8 heteroatoms. The third-order valence-electron chi connectivity index (χ3n) is 11.3. The van der Waals surface area contributed by atoms with Gasteiger partial charge in [-0.05, 0) is 123 Å². The summed E-state index contributed by atoms with van der Waals surface area (Å²) in [6.07, 6.45) is 9.20. The summed E-state index contributed by atoms with van der Waals surface area (Å²) in [4.78, 5) is 22.1. The summed E-state index contributed by atoms with van der Waals surface area (Å²) in [5.74, 6) is 2.74. The highest BCUT2D eigenvalue weighted by Gasteiger charge is 2.41. The molecule has 6 nitrogen and oxygen atoms in total. The third-order valence-corrected chi connectivity index (χ3v) is 16.9. The Morgan fingerprint density at radius 1 is 1.00 bits per heavy atom. The van der Waals surface area contributed by atoms with Crippen LogP contribution in [0.3, 0.4) is 0 Å². The fourth-order valence-corrected chi connectivity index (χ4v) is 9.45. The first-order valence-corrected chi connectivity index (χ1v) is 21.3. The van der Waals surface area contributed by atoms with Crippen LogP contribution in [0.15, 0.2) is 48.7 Å². The molecule has 2 aromatic carbocycles. The summed E-state index contributed by atoms with van der Waals surface area (Å²) in [5.41, 5.74) is 4.66. The van der Waals surface area contributed by atoms with Crippen molar-refractivity contribution in [2.75, 3.05) is 25.7 Å². The molecule has 1 amide bonds. The second kappa shape index (κ2) is 14.8. The highest BCUT2D eigenvalue weighted by molar-refractivity contribution is 7.16. The van der Waals surface area contributed by atoms with Gasteiger partial charge in [-0.15, -0.1) is 0 Å². The van der Waals surface area contributed by atoms with Crippen molar-refractivity contribution in [3.63, 3.8) is 0 Å². The number of rotatable bonds is 10. The molecule has 3 aromatic rings. The molecule has 0 radical (unpaired) electrons. The Labute approximate surface area is 288 Å². The fraction of sp³-hybridized carbons (Fsp3) is 0.590. The van der Waals surface area contributed by atoms with E-state index in [9.17, 15) is 4.79 Å². The topological polar surface area (TPSA) is 60.9 Å². The normalized spacial score (nSPS) is 23.7. The molecular weight excluding hydrogens is 621 g/mol. The van der Waals surface area contributed by atoms with Gasteiger partial charge in [0.2, 0.25) is 5.91 Å². The van der Waals surface area contributed by atoms with Gasteiger partial charge < -0.3 is 18.8 Å². The maximum Gasteiger partial charge on any atom is 0.273 e. The highest BCUT2D eigenvalue weighted by Crippen LogP contribution is 2.43. The summed E-state index contributed by atoms with van der Waals surface area (Å²) in [6, 6.07) is 15.1. The smallest absolute Gasteiger partial charge is 0.273 e. The number of aromatic nitrogens is 1. The first-order chi connectivity index (χ1) is 22.3. The zero-order valence-electron chi connectivity index (χ0n) is 30.1. The van der Waals surface area contributed by atoms with E-state index in [1.54, 1.807) is 14.2 Å². The lowest BCUT2D eigenvalue weighted by Gasteiger charge is -2.42. The lowest BCUT2D eigenvalue weighted by molar-refractivity contribution is -0.124. The molecule has 256 valence electrons. The van der Waals surface area contributed by atoms with E-state index in [2.05, 4.69) is 100 Å². The van der Waals surface area contributed by atoms with Gasteiger partial charge in [0.05, 0.1) is 19.1 Å². The predicted molar refractivity (Wildman–Crippen MR) is 197 cm³/mol. The SMILES string of the molecule is COc1ncc(-c2cccc(N(CC3CCC(c4ccc(OC)c(C)c4)CC3C)C(=O)[C@H]3CC[C@H](O[Si](C)(C)C(C)(C)C)CC3)c2)s1. The van der Waals surface area contributed by atoms with Gasteiger partial charge in [0, 0.05) is 30.5 Å². The lowest BCUT2D eigenvalue weighted by atomic mass is 9.72. The van der Waals surface area contributed by atoms with Gasteiger partial charge in [-0.25, -0.2) is 4.98 Å². The average Bonchev–Trinajstić information content (AvgIpc) is 3.53. The molecule has 0 N–H and O–H groups in total. The third kappa shape index (κ3) is 8.31. The lowest BCUT2D eigenvalue weighted by Crippen LogP contribution is -2.46. The second-order valence-corrected chi connectivity index (χ2v) is 21.3. The van der Waals surface area contributed by atoms with Crippen molar-refractivity contribution >= 4 is 31.2 Å². The predicted octanol–water partition coefficient (Wildman–Crippen LogP) is 10.3. The van der Waals surface area contributed by atoms with Crippen molar-refractivity contribution in [1.29, 1.82) is 0 Å². The zero-order chi connectivity index (χ0) is 33.9. The van der Waals surface area contributed by atoms with E-state index in [1.165, 1.54) is 22.5 Å². The highest BCUT2D eigenvalue weighted by atomic mass is 32.1. The Morgan fingerprint density at radius 3 is 2.36 bits per heavy atom. The van der Waals surface area contributed by atoms with E-state index < -0.39 is 8.32 Å². The van der Waals surface area contributed by atoms with E-state index in [-0.39, 0.29) is 23.0 Å². The van der Waals surface area contributed by atoms with Crippen molar-refractivity contribution in [3.8, 4) is 21.4 Å². The number of carbonyl (C=O) groups excluding carboxylic acids is 1. The van der Waals surface area contributed by atoms with Gasteiger partial charge in [-0.3, -0.25) is 4.79 Å². The molecule has 47 heavy (non-hydrogen) atoms. The molecule has 0 aliphatic heterocycles. The van der Waals surface area contributed by atoms with E-state index in [0.29, 0.717) is 22.9 Å². The van der Waals surface area contributed by atoms with Gasteiger partial charge >= 0.3 is 0 Å². The van der Waals surface area contributed by atoms with Crippen molar-refractivity contribution < 1.29 is 18.7 Å². The molecule has 0 bridgehead atoms. The number of hydrogen-bond donors (Lipinski definition) is 0. The van der Waals surface area contributed by atoms with Crippen molar-refractivity contribution in [2.24, 2.45) is 17.8 Å². The monoisotopic (exact) mass is 676 g/mol. The second-order valence-electron chi connectivity index (χ2n) is 15.5. The number of thiazole rings is 1.